The zero-order valence-electron chi connectivity index (χ0n) is 12.6. The van der Waals surface area contributed by atoms with Crippen molar-refractivity contribution in [1.29, 1.82) is 0 Å². The highest BCUT2D eigenvalue weighted by atomic mass is 35.5. The Morgan fingerprint density at radius 3 is 2.78 bits per heavy atom. The number of urea groups is 1. The number of oxime groups is 1. The van der Waals surface area contributed by atoms with Crippen LogP contribution in [0.2, 0.25) is 5.02 Å². The molecule has 0 bridgehead atoms. The predicted octanol–water partition coefficient (Wildman–Crippen LogP) is 2.71. The van der Waals surface area contributed by atoms with Gasteiger partial charge in [0.15, 0.2) is 0 Å². The van der Waals surface area contributed by atoms with E-state index < -0.39 is 11.6 Å². The normalized spacial score (nSPS) is 32.1. The molecule has 120 valence electrons. The summed E-state index contributed by atoms with van der Waals surface area (Å²) in [5.74, 6) is -0.243. The van der Waals surface area contributed by atoms with Gasteiger partial charge in [0.05, 0.1) is 11.4 Å². The van der Waals surface area contributed by atoms with Crippen LogP contribution in [0.5, 0.6) is 0 Å². The van der Waals surface area contributed by atoms with Crippen LogP contribution in [0.4, 0.5) is 10.5 Å². The summed E-state index contributed by atoms with van der Waals surface area (Å²) in [6, 6.07) is 6.26. The van der Waals surface area contributed by atoms with E-state index in [0.29, 0.717) is 17.1 Å². The van der Waals surface area contributed by atoms with Crippen molar-refractivity contribution in [3.05, 3.63) is 29.3 Å². The Balaban J connectivity index is 1.54. The number of nitrogens with one attached hydrogen (secondary N) is 1. The van der Waals surface area contributed by atoms with Crippen LogP contribution in [-0.2, 0) is 9.63 Å². The molecule has 3 aliphatic rings. The second-order valence-corrected chi connectivity index (χ2v) is 6.62. The monoisotopic (exact) mass is 333 g/mol. The lowest BCUT2D eigenvalue weighted by atomic mass is 10.0. The highest BCUT2D eigenvalue weighted by molar-refractivity contribution is 6.31. The molecule has 0 unspecified atom stereocenters. The number of anilines is 1. The van der Waals surface area contributed by atoms with Crippen LogP contribution >= 0.6 is 11.6 Å². The second kappa shape index (κ2) is 4.96. The largest absolute Gasteiger partial charge is 0.392 e. The number of benzene rings is 1. The Bertz CT molecular complexity index is 718. The number of halogens is 1. The van der Waals surface area contributed by atoms with E-state index in [0.717, 1.165) is 18.6 Å². The topological polar surface area (TPSA) is 71.0 Å². The first-order valence-corrected chi connectivity index (χ1v) is 8.07. The predicted molar refractivity (Wildman–Crippen MR) is 85.5 cm³/mol. The summed E-state index contributed by atoms with van der Waals surface area (Å²) in [6.45, 7) is 2.03. The van der Waals surface area contributed by atoms with E-state index >= 15 is 0 Å². The van der Waals surface area contributed by atoms with E-state index in [2.05, 4.69) is 10.5 Å². The van der Waals surface area contributed by atoms with E-state index in [-0.39, 0.29) is 17.9 Å². The van der Waals surface area contributed by atoms with Crippen LogP contribution < -0.4 is 10.2 Å². The molecular weight excluding hydrogens is 318 g/mol. The average molecular weight is 334 g/mol. The van der Waals surface area contributed by atoms with E-state index in [1.165, 1.54) is 4.90 Å². The molecule has 3 amide bonds. The van der Waals surface area contributed by atoms with Gasteiger partial charge < -0.3 is 10.2 Å². The van der Waals surface area contributed by atoms with Gasteiger partial charge in [0.1, 0.15) is 11.6 Å². The van der Waals surface area contributed by atoms with Gasteiger partial charge in [-0.05, 0) is 37.1 Å². The Kier molecular flexibility index (Phi) is 3.13. The smallest absolute Gasteiger partial charge is 0.329 e. The number of hydrogen-bond acceptors (Lipinski definition) is 4. The first kappa shape index (κ1) is 14.5. The number of rotatable bonds is 3. The highest BCUT2D eigenvalue weighted by Crippen LogP contribution is 2.52. The molecule has 1 saturated carbocycles. The van der Waals surface area contributed by atoms with Crippen molar-refractivity contribution in [3.8, 4) is 0 Å². The third-order valence-corrected chi connectivity index (χ3v) is 5.08. The number of carbonyl (C=O) groups excluding carboxylic acids is 2. The molecule has 1 aliphatic carbocycles. The summed E-state index contributed by atoms with van der Waals surface area (Å²) in [6.07, 6.45) is 2.04. The van der Waals surface area contributed by atoms with Crippen molar-refractivity contribution < 1.29 is 14.4 Å². The summed E-state index contributed by atoms with van der Waals surface area (Å²) in [5.41, 5.74) is 0.695. The van der Waals surface area contributed by atoms with Gasteiger partial charge in [-0.2, -0.15) is 0 Å². The van der Waals surface area contributed by atoms with Gasteiger partial charge in [0.2, 0.25) is 0 Å². The van der Waals surface area contributed by atoms with E-state index in [9.17, 15) is 9.59 Å². The van der Waals surface area contributed by atoms with Gasteiger partial charge >= 0.3 is 6.03 Å². The van der Waals surface area contributed by atoms with Crippen molar-refractivity contribution >= 4 is 34.9 Å². The second-order valence-electron chi connectivity index (χ2n) is 6.19. The molecule has 1 aromatic carbocycles. The molecule has 1 aromatic rings. The number of nitrogens with zero attached hydrogens (tertiary/aromatic N) is 2. The van der Waals surface area contributed by atoms with Gasteiger partial charge in [-0.3, -0.25) is 4.79 Å². The van der Waals surface area contributed by atoms with E-state index in [1.807, 2.05) is 6.92 Å². The van der Waals surface area contributed by atoms with Crippen molar-refractivity contribution in [2.75, 3.05) is 4.90 Å². The molecule has 0 radical (unpaired) electrons. The Morgan fingerprint density at radius 2 is 2.13 bits per heavy atom. The molecule has 23 heavy (non-hydrogen) atoms. The maximum absolute atomic E-state index is 12.8. The first-order valence-electron chi connectivity index (χ1n) is 7.69. The van der Waals surface area contributed by atoms with Crippen molar-refractivity contribution in [1.82, 2.24) is 5.32 Å². The van der Waals surface area contributed by atoms with Crippen LogP contribution in [-0.4, -0.2) is 29.3 Å². The molecule has 2 heterocycles. The zero-order valence-corrected chi connectivity index (χ0v) is 13.3. The Hall–Kier alpha value is -2.08. The maximum Gasteiger partial charge on any atom is 0.329 e. The third kappa shape index (κ3) is 2.12. The Labute approximate surface area is 138 Å². The highest BCUT2D eigenvalue weighted by Gasteiger charge is 2.70. The van der Waals surface area contributed by atoms with Crippen LogP contribution in [0, 0.1) is 5.92 Å². The molecule has 2 aliphatic heterocycles. The van der Waals surface area contributed by atoms with E-state index in [1.54, 1.807) is 24.3 Å². The Morgan fingerprint density at radius 1 is 1.39 bits per heavy atom. The quantitative estimate of drug-likeness (QED) is 0.864. The molecule has 3 atom stereocenters. The molecule has 4 rings (SSSR count). The average Bonchev–Trinajstić information content (AvgIpc) is 2.96. The number of amides is 3. The summed E-state index contributed by atoms with van der Waals surface area (Å²) in [5, 5.41) is 7.46. The van der Waals surface area contributed by atoms with Crippen LogP contribution in [0.3, 0.4) is 0 Å². The number of hydrogen-bond donors (Lipinski definition) is 1. The fraction of sp³-hybridized carbons (Fsp3) is 0.438. The van der Waals surface area contributed by atoms with Gasteiger partial charge in [-0.25, -0.2) is 9.69 Å². The molecule has 1 N–H and O–H groups in total. The van der Waals surface area contributed by atoms with Crippen molar-refractivity contribution in [2.45, 2.75) is 37.8 Å². The van der Waals surface area contributed by atoms with Crippen molar-refractivity contribution in [2.24, 2.45) is 11.1 Å². The fourth-order valence-electron chi connectivity index (χ4n) is 3.42. The molecule has 1 spiro atoms. The summed E-state index contributed by atoms with van der Waals surface area (Å²) >= 11 is 5.86. The minimum atomic E-state index is -0.833. The van der Waals surface area contributed by atoms with Gasteiger partial charge in [-0.1, -0.05) is 23.7 Å². The lowest BCUT2D eigenvalue weighted by Gasteiger charge is -2.14. The van der Waals surface area contributed by atoms with Gasteiger partial charge in [-0.15, -0.1) is 0 Å². The lowest BCUT2D eigenvalue weighted by molar-refractivity contribution is -0.120. The summed E-state index contributed by atoms with van der Waals surface area (Å²) in [7, 11) is 0. The molecule has 7 heteroatoms. The number of imide groups is 1. The summed E-state index contributed by atoms with van der Waals surface area (Å²) in [4.78, 5) is 31.8. The lowest BCUT2D eigenvalue weighted by Crippen LogP contribution is -2.37. The van der Waals surface area contributed by atoms with Crippen LogP contribution in [0.1, 0.15) is 26.2 Å². The molecule has 6 nitrogen and oxygen atoms in total. The van der Waals surface area contributed by atoms with Crippen LogP contribution in [0.15, 0.2) is 29.4 Å². The standard InChI is InChI=1S/C16H16ClN3O3/c1-2-10-7-13(23-19-10)12-8-16(12)14(21)20(15(22)18-16)11-5-3-9(17)4-6-11/h3-6,12-13H,2,7-8H2,1H3,(H,18,22)/t12-,13+,16+/m0/s1. The SMILES string of the molecule is CCC1=NO[C@@H]([C@@H]2C[C@@]23NC(=O)N(c2ccc(Cl)cc2)C3=O)C1. The van der Waals surface area contributed by atoms with Gasteiger partial charge in [0.25, 0.3) is 5.91 Å². The molecular formula is C16H16ClN3O3. The minimum absolute atomic E-state index is 0.0240. The van der Waals surface area contributed by atoms with Crippen LogP contribution in [0.25, 0.3) is 0 Å². The minimum Gasteiger partial charge on any atom is -0.392 e. The molecule has 1 saturated heterocycles. The maximum atomic E-state index is 12.8. The van der Waals surface area contributed by atoms with E-state index in [4.69, 9.17) is 16.4 Å². The fourth-order valence-corrected chi connectivity index (χ4v) is 3.54. The van der Waals surface area contributed by atoms with Crippen molar-refractivity contribution in [3.63, 3.8) is 0 Å². The summed E-state index contributed by atoms with van der Waals surface area (Å²) < 4.78 is 0. The zero-order chi connectivity index (χ0) is 16.2. The third-order valence-electron chi connectivity index (χ3n) is 4.83. The van der Waals surface area contributed by atoms with Gasteiger partial charge in [0, 0.05) is 17.4 Å². The molecule has 2 fully saturated rings. The number of carbonyl (C=O) groups is 2. The first-order chi connectivity index (χ1) is 11.0. The molecule has 0 aromatic heterocycles.